The lowest BCUT2D eigenvalue weighted by molar-refractivity contribution is -0.120. The topological polar surface area (TPSA) is 87.5 Å². The van der Waals surface area contributed by atoms with E-state index < -0.39 is 11.8 Å². The summed E-state index contributed by atoms with van der Waals surface area (Å²) < 4.78 is 0. The average molecular weight is 381 g/mol. The highest BCUT2D eigenvalue weighted by Crippen LogP contribution is 2.44. The van der Waals surface area contributed by atoms with Crippen LogP contribution in [0.2, 0.25) is 5.02 Å². The van der Waals surface area contributed by atoms with Gasteiger partial charge in [-0.2, -0.15) is 0 Å². The number of urea groups is 1. The number of nitrogens with two attached hydrogens (primary N) is 1. The molecular weight excluding hydrogens is 360 g/mol. The number of amides is 3. The molecule has 6 nitrogen and oxygen atoms in total. The normalized spacial score (nSPS) is 23.3. The van der Waals surface area contributed by atoms with Gasteiger partial charge in [-0.1, -0.05) is 18.5 Å². The molecule has 0 aliphatic carbocycles. The predicted octanol–water partition coefficient (Wildman–Crippen LogP) is 2.62. The standard InChI is InChI=1S/C17H21ClN4O2S/c1-2-22-8-7-13-12(9-22)14(15(19)23)16(25-13)21-17(24)20-11-5-3-10(18)4-6-11/h3-6,14,16H,2,7-9H2,1H3,(H2,19,23)(H2,20,21,24). The largest absolute Gasteiger partial charge is 0.369 e. The first-order valence-electron chi connectivity index (χ1n) is 8.21. The van der Waals surface area contributed by atoms with Gasteiger partial charge >= 0.3 is 6.03 Å². The molecule has 1 aromatic carbocycles. The van der Waals surface area contributed by atoms with Crippen LogP contribution in [0.4, 0.5) is 10.5 Å². The van der Waals surface area contributed by atoms with Crippen molar-refractivity contribution in [3.63, 3.8) is 0 Å². The molecule has 2 aliphatic rings. The molecule has 4 N–H and O–H groups in total. The van der Waals surface area contributed by atoms with Crippen molar-refractivity contribution >= 4 is 41.0 Å². The lowest BCUT2D eigenvalue weighted by atomic mass is 9.94. The van der Waals surface area contributed by atoms with Gasteiger partial charge in [0.05, 0.1) is 11.3 Å². The molecule has 0 saturated heterocycles. The van der Waals surface area contributed by atoms with Gasteiger partial charge in [0, 0.05) is 23.8 Å². The van der Waals surface area contributed by atoms with Crippen LogP contribution in [-0.2, 0) is 4.79 Å². The lowest BCUT2D eigenvalue weighted by Gasteiger charge is -2.28. The number of anilines is 1. The highest BCUT2D eigenvalue weighted by atomic mass is 35.5. The zero-order valence-corrected chi connectivity index (χ0v) is 15.5. The van der Waals surface area contributed by atoms with E-state index in [-0.39, 0.29) is 11.4 Å². The van der Waals surface area contributed by atoms with Gasteiger partial charge in [-0.25, -0.2) is 4.79 Å². The van der Waals surface area contributed by atoms with Gasteiger partial charge in [0.15, 0.2) is 0 Å². The van der Waals surface area contributed by atoms with Gasteiger partial charge in [0.2, 0.25) is 5.91 Å². The zero-order valence-electron chi connectivity index (χ0n) is 13.9. The number of carbonyl (C=O) groups excluding carboxylic acids is 2. The van der Waals surface area contributed by atoms with Crippen molar-refractivity contribution in [2.24, 2.45) is 11.7 Å². The third kappa shape index (κ3) is 4.11. The fourth-order valence-electron chi connectivity index (χ4n) is 3.17. The Labute approximate surface area is 156 Å². The molecule has 8 heteroatoms. The number of nitrogens with zero attached hydrogens (tertiary/aromatic N) is 1. The summed E-state index contributed by atoms with van der Waals surface area (Å²) in [5, 5.41) is 5.87. The minimum absolute atomic E-state index is 0.363. The molecule has 25 heavy (non-hydrogen) atoms. The minimum Gasteiger partial charge on any atom is -0.369 e. The van der Waals surface area contributed by atoms with Gasteiger partial charge in [0.1, 0.15) is 0 Å². The van der Waals surface area contributed by atoms with Gasteiger partial charge in [-0.05, 0) is 47.7 Å². The summed E-state index contributed by atoms with van der Waals surface area (Å²) in [6, 6.07) is 6.48. The van der Waals surface area contributed by atoms with Crippen LogP contribution in [0.1, 0.15) is 13.3 Å². The maximum Gasteiger partial charge on any atom is 0.320 e. The highest BCUT2D eigenvalue weighted by molar-refractivity contribution is 8.04. The molecular formula is C17H21ClN4O2S. The Morgan fingerprint density at radius 1 is 1.36 bits per heavy atom. The molecule has 3 rings (SSSR count). The second-order valence-electron chi connectivity index (χ2n) is 6.09. The summed E-state index contributed by atoms with van der Waals surface area (Å²) in [6.07, 6.45) is 0.897. The summed E-state index contributed by atoms with van der Waals surface area (Å²) in [7, 11) is 0. The number of primary amides is 1. The summed E-state index contributed by atoms with van der Waals surface area (Å²) >= 11 is 7.38. The van der Waals surface area contributed by atoms with E-state index in [1.807, 2.05) is 0 Å². The first-order chi connectivity index (χ1) is 12.0. The fraction of sp³-hybridized carbons (Fsp3) is 0.412. The average Bonchev–Trinajstić information content (AvgIpc) is 2.93. The molecule has 2 aliphatic heterocycles. The Hall–Kier alpha value is -1.70. The number of carbonyl (C=O) groups is 2. The number of halogens is 1. The number of hydrogen-bond donors (Lipinski definition) is 3. The van der Waals surface area contributed by atoms with E-state index in [0.717, 1.165) is 31.6 Å². The van der Waals surface area contributed by atoms with Crippen molar-refractivity contribution in [3.05, 3.63) is 39.8 Å². The zero-order chi connectivity index (χ0) is 18.0. The Kier molecular flexibility index (Phi) is 5.56. The Morgan fingerprint density at radius 2 is 2.08 bits per heavy atom. The molecule has 0 fully saturated rings. The van der Waals surface area contributed by atoms with E-state index >= 15 is 0 Å². The first-order valence-corrected chi connectivity index (χ1v) is 9.47. The van der Waals surface area contributed by atoms with Crippen molar-refractivity contribution in [2.75, 3.05) is 25.0 Å². The van der Waals surface area contributed by atoms with Gasteiger partial charge in [-0.3, -0.25) is 9.69 Å². The Bertz CT molecular complexity index is 707. The van der Waals surface area contributed by atoms with Gasteiger partial charge in [-0.15, -0.1) is 11.8 Å². The minimum atomic E-state index is -0.467. The monoisotopic (exact) mass is 380 g/mol. The molecule has 2 atom stereocenters. The first kappa shape index (κ1) is 18.1. The molecule has 3 amide bonds. The predicted molar refractivity (Wildman–Crippen MR) is 101 cm³/mol. The number of rotatable bonds is 4. The maximum atomic E-state index is 12.3. The third-order valence-electron chi connectivity index (χ3n) is 4.48. The van der Waals surface area contributed by atoms with Crippen LogP contribution in [0.15, 0.2) is 34.7 Å². The molecule has 1 aromatic rings. The van der Waals surface area contributed by atoms with E-state index in [1.54, 1.807) is 36.0 Å². The number of nitrogens with one attached hydrogen (secondary N) is 2. The van der Waals surface area contributed by atoms with E-state index in [9.17, 15) is 9.59 Å². The second-order valence-corrected chi connectivity index (χ2v) is 7.76. The van der Waals surface area contributed by atoms with Crippen LogP contribution in [0.3, 0.4) is 0 Å². The SMILES string of the molecule is CCN1CCC2=C(C1)C(C(N)=O)C(NC(=O)Nc1ccc(Cl)cc1)S2. The molecule has 2 heterocycles. The summed E-state index contributed by atoms with van der Waals surface area (Å²) in [5.74, 6) is -0.863. The van der Waals surface area contributed by atoms with Gasteiger partial charge in [0.25, 0.3) is 0 Å². The maximum absolute atomic E-state index is 12.3. The van der Waals surface area contributed by atoms with Crippen molar-refractivity contribution in [1.29, 1.82) is 0 Å². The van der Waals surface area contributed by atoms with Crippen LogP contribution < -0.4 is 16.4 Å². The van der Waals surface area contributed by atoms with Crippen LogP contribution in [0, 0.1) is 5.92 Å². The Morgan fingerprint density at radius 3 is 2.72 bits per heavy atom. The number of hydrogen-bond acceptors (Lipinski definition) is 4. The highest BCUT2D eigenvalue weighted by Gasteiger charge is 2.41. The van der Waals surface area contributed by atoms with Crippen molar-refractivity contribution in [2.45, 2.75) is 18.7 Å². The summed E-state index contributed by atoms with van der Waals surface area (Å²) in [6.45, 7) is 4.74. The number of thioether (sulfide) groups is 1. The third-order valence-corrected chi connectivity index (χ3v) is 6.13. The molecule has 0 aromatic heterocycles. The summed E-state index contributed by atoms with van der Waals surface area (Å²) in [4.78, 5) is 27.8. The van der Waals surface area contributed by atoms with Crippen molar-refractivity contribution < 1.29 is 9.59 Å². The lowest BCUT2D eigenvalue weighted by Crippen LogP contribution is -2.45. The molecule has 2 unspecified atom stereocenters. The van der Waals surface area contributed by atoms with Gasteiger partial charge < -0.3 is 16.4 Å². The van der Waals surface area contributed by atoms with E-state index in [2.05, 4.69) is 22.5 Å². The second kappa shape index (κ2) is 7.68. The molecule has 0 radical (unpaired) electrons. The molecule has 0 bridgehead atoms. The van der Waals surface area contributed by atoms with E-state index in [1.165, 1.54) is 4.91 Å². The Balaban J connectivity index is 1.67. The number of likely N-dealkylation sites (N-methyl/N-ethyl adjacent to an activating group) is 1. The fourth-order valence-corrected chi connectivity index (χ4v) is 4.76. The van der Waals surface area contributed by atoms with Crippen LogP contribution in [-0.4, -0.2) is 41.8 Å². The molecule has 134 valence electrons. The van der Waals surface area contributed by atoms with Crippen molar-refractivity contribution in [3.8, 4) is 0 Å². The van der Waals surface area contributed by atoms with Crippen molar-refractivity contribution in [1.82, 2.24) is 10.2 Å². The van der Waals surface area contributed by atoms with Crippen LogP contribution in [0.5, 0.6) is 0 Å². The summed E-state index contributed by atoms with van der Waals surface area (Å²) in [5.41, 5.74) is 7.33. The molecule has 0 saturated carbocycles. The van der Waals surface area contributed by atoms with E-state index in [0.29, 0.717) is 10.7 Å². The van der Waals surface area contributed by atoms with Crippen LogP contribution >= 0.6 is 23.4 Å². The van der Waals surface area contributed by atoms with Crippen LogP contribution in [0.25, 0.3) is 0 Å². The quantitative estimate of drug-likeness (QED) is 0.749. The number of benzene rings is 1. The molecule has 0 spiro atoms. The van der Waals surface area contributed by atoms with E-state index in [4.69, 9.17) is 17.3 Å². The smallest absolute Gasteiger partial charge is 0.320 e.